The highest BCUT2D eigenvalue weighted by atomic mass is 35.5. The summed E-state index contributed by atoms with van der Waals surface area (Å²) in [5.74, 6) is 1.53. The third kappa shape index (κ3) is 3.61. The van der Waals surface area contributed by atoms with Gasteiger partial charge in [-0.05, 0) is 82.0 Å². The lowest BCUT2D eigenvalue weighted by molar-refractivity contribution is -0.128. The third-order valence-electron chi connectivity index (χ3n) is 5.77. The van der Waals surface area contributed by atoms with Crippen LogP contribution in [0.1, 0.15) is 32.6 Å². The molecule has 24 heavy (non-hydrogen) atoms. The second kappa shape index (κ2) is 7.67. The van der Waals surface area contributed by atoms with Crippen LogP contribution in [-0.4, -0.2) is 48.5 Å². The molecule has 0 bridgehead atoms. The molecule has 2 aliphatic rings. The van der Waals surface area contributed by atoms with Gasteiger partial charge in [-0.1, -0.05) is 11.6 Å². The quantitative estimate of drug-likeness (QED) is 0.776. The van der Waals surface area contributed by atoms with Crippen LogP contribution in [0.5, 0.6) is 0 Å². The van der Waals surface area contributed by atoms with Gasteiger partial charge in [0.1, 0.15) is 0 Å². The first-order valence-corrected chi connectivity index (χ1v) is 10.6. The van der Waals surface area contributed by atoms with Gasteiger partial charge in [0.25, 0.3) is 0 Å². The predicted octanol–water partition coefficient (Wildman–Crippen LogP) is 4.30. The van der Waals surface area contributed by atoms with E-state index in [2.05, 4.69) is 18.1 Å². The van der Waals surface area contributed by atoms with Gasteiger partial charge >= 0.3 is 0 Å². The van der Waals surface area contributed by atoms with Crippen LogP contribution in [-0.2, 0) is 4.79 Å². The second-order valence-corrected chi connectivity index (χ2v) is 8.55. The number of rotatable bonds is 5. The number of hydrogen-bond donors (Lipinski definition) is 0. The molecule has 1 amide bonds. The standard InChI is InChI=1S/C19H27ClN2OS/c1-15(7-14-24-2)21-11-8-19(9-12-21)10-13-22(18(19)23)17-5-3-16(20)4-6-17/h3-6,15H,7-14H2,1-2H3. The van der Waals surface area contributed by atoms with E-state index in [1.54, 1.807) is 0 Å². The third-order valence-corrected chi connectivity index (χ3v) is 6.67. The zero-order valence-electron chi connectivity index (χ0n) is 14.6. The van der Waals surface area contributed by atoms with E-state index in [1.807, 2.05) is 40.9 Å². The van der Waals surface area contributed by atoms with Gasteiger partial charge in [0.15, 0.2) is 0 Å². The molecule has 2 heterocycles. The summed E-state index contributed by atoms with van der Waals surface area (Å²) >= 11 is 7.88. The summed E-state index contributed by atoms with van der Waals surface area (Å²) in [6.07, 6.45) is 6.39. The number of thioether (sulfide) groups is 1. The molecule has 1 aromatic carbocycles. The van der Waals surface area contributed by atoms with Crippen LogP contribution in [0.4, 0.5) is 5.69 Å². The Bertz CT molecular complexity index is 569. The van der Waals surface area contributed by atoms with Crippen LogP contribution < -0.4 is 4.90 Å². The number of likely N-dealkylation sites (tertiary alicyclic amines) is 1. The van der Waals surface area contributed by atoms with E-state index in [0.29, 0.717) is 17.0 Å². The van der Waals surface area contributed by atoms with Crippen LogP contribution in [0.25, 0.3) is 0 Å². The minimum atomic E-state index is -0.130. The molecule has 2 fully saturated rings. The fourth-order valence-corrected chi connectivity index (χ4v) is 4.72. The lowest BCUT2D eigenvalue weighted by atomic mass is 9.76. The molecule has 0 saturated carbocycles. The fraction of sp³-hybridized carbons (Fsp3) is 0.632. The number of nitrogens with zero attached hydrogens (tertiary/aromatic N) is 2. The molecular formula is C19H27ClN2OS. The van der Waals surface area contributed by atoms with Crippen molar-refractivity contribution in [2.45, 2.75) is 38.6 Å². The highest BCUT2D eigenvalue weighted by Crippen LogP contribution is 2.43. The number of carbonyl (C=O) groups is 1. The van der Waals surface area contributed by atoms with Crippen molar-refractivity contribution in [3.05, 3.63) is 29.3 Å². The average molecular weight is 367 g/mol. The molecule has 0 aromatic heterocycles. The maximum Gasteiger partial charge on any atom is 0.233 e. The molecule has 1 aromatic rings. The van der Waals surface area contributed by atoms with Gasteiger partial charge in [-0.15, -0.1) is 0 Å². The Hall–Kier alpha value is -0.710. The Labute approximate surface area is 154 Å². The molecule has 1 unspecified atom stereocenters. The largest absolute Gasteiger partial charge is 0.312 e. The summed E-state index contributed by atoms with van der Waals surface area (Å²) in [6, 6.07) is 8.27. The van der Waals surface area contributed by atoms with Gasteiger partial charge in [0.05, 0.1) is 5.41 Å². The molecule has 0 aliphatic carbocycles. The minimum Gasteiger partial charge on any atom is -0.312 e. The first kappa shape index (κ1) is 18.1. The highest BCUT2D eigenvalue weighted by molar-refractivity contribution is 7.98. The van der Waals surface area contributed by atoms with Crippen molar-refractivity contribution in [2.75, 3.05) is 36.5 Å². The maximum absolute atomic E-state index is 13.1. The Morgan fingerprint density at radius 3 is 2.42 bits per heavy atom. The predicted molar refractivity (Wildman–Crippen MR) is 104 cm³/mol. The van der Waals surface area contributed by atoms with Crippen LogP contribution in [0.2, 0.25) is 5.02 Å². The van der Waals surface area contributed by atoms with Crippen LogP contribution >= 0.6 is 23.4 Å². The zero-order valence-corrected chi connectivity index (χ0v) is 16.2. The molecule has 3 rings (SSSR count). The maximum atomic E-state index is 13.1. The smallest absolute Gasteiger partial charge is 0.233 e. The van der Waals surface area contributed by atoms with Crippen LogP contribution in [0, 0.1) is 5.41 Å². The van der Waals surface area contributed by atoms with Gasteiger partial charge in [-0.2, -0.15) is 11.8 Å². The van der Waals surface area contributed by atoms with E-state index in [1.165, 1.54) is 12.2 Å². The number of piperidine rings is 1. The SMILES string of the molecule is CSCCC(C)N1CCC2(CCN(c3ccc(Cl)cc3)C2=O)CC1. The Kier molecular flexibility index (Phi) is 5.78. The molecule has 132 valence electrons. The molecule has 3 nitrogen and oxygen atoms in total. The van der Waals surface area contributed by atoms with Gasteiger partial charge in [0, 0.05) is 23.3 Å². The van der Waals surface area contributed by atoms with Crippen molar-refractivity contribution in [1.29, 1.82) is 0 Å². The Morgan fingerprint density at radius 2 is 1.79 bits per heavy atom. The molecular weight excluding hydrogens is 340 g/mol. The van der Waals surface area contributed by atoms with Gasteiger partial charge in [0.2, 0.25) is 5.91 Å². The van der Waals surface area contributed by atoms with Crippen LogP contribution in [0.3, 0.4) is 0 Å². The van der Waals surface area contributed by atoms with E-state index in [4.69, 9.17) is 11.6 Å². The van der Waals surface area contributed by atoms with Crippen molar-refractivity contribution < 1.29 is 4.79 Å². The van der Waals surface area contributed by atoms with Crippen LogP contribution in [0.15, 0.2) is 24.3 Å². The van der Waals surface area contributed by atoms with Crippen molar-refractivity contribution in [3.8, 4) is 0 Å². The lowest BCUT2D eigenvalue weighted by Gasteiger charge is -2.40. The minimum absolute atomic E-state index is 0.130. The number of halogens is 1. The monoisotopic (exact) mass is 366 g/mol. The zero-order chi connectivity index (χ0) is 17.2. The van der Waals surface area contributed by atoms with E-state index >= 15 is 0 Å². The van der Waals surface area contributed by atoms with Crippen molar-refractivity contribution in [1.82, 2.24) is 4.90 Å². The molecule has 0 N–H and O–H groups in total. The summed E-state index contributed by atoms with van der Waals surface area (Å²) in [5.41, 5.74) is 0.854. The highest BCUT2D eigenvalue weighted by Gasteiger charge is 2.48. The Morgan fingerprint density at radius 1 is 1.17 bits per heavy atom. The Balaban J connectivity index is 1.62. The number of carbonyl (C=O) groups excluding carboxylic acids is 1. The summed E-state index contributed by atoms with van der Waals surface area (Å²) in [7, 11) is 0. The van der Waals surface area contributed by atoms with Gasteiger partial charge in [-0.3, -0.25) is 4.79 Å². The van der Waals surface area contributed by atoms with Crippen molar-refractivity contribution in [3.63, 3.8) is 0 Å². The fourth-order valence-electron chi connectivity index (χ4n) is 4.02. The number of amides is 1. The number of benzene rings is 1. The molecule has 2 saturated heterocycles. The molecule has 0 radical (unpaired) electrons. The summed E-state index contributed by atoms with van der Waals surface area (Å²) in [6.45, 7) is 5.26. The number of hydrogen-bond acceptors (Lipinski definition) is 3. The van der Waals surface area contributed by atoms with Crippen molar-refractivity contribution in [2.24, 2.45) is 5.41 Å². The summed E-state index contributed by atoms with van der Waals surface area (Å²) in [5, 5.41) is 0.715. The topological polar surface area (TPSA) is 23.6 Å². The molecule has 1 spiro atoms. The average Bonchev–Trinajstić information content (AvgIpc) is 2.91. The van der Waals surface area contributed by atoms with E-state index < -0.39 is 0 Å². The van der Waals surface area contributed by atoms with E-state index in [-0.39, 0.29) is 5.41 Å². The van der Waals surface area contributed by atoms with E-state index in [9.17, 15) is 4.79 Å². The summed E-state index contributed by atoms with van der Waals surface area (Å²) in [4.78, 5) is 17.6. The first-order valence-electron chi connectivity index (χ1n) is 8.86. The first-order chi connectivity index (χ1) is 11.6. The molecule has 1 atom stereocenters. The summed E-state index contributed by atoms with van der Waals surface area (Å²) < 4.78 is 0. The van der Waals surface area contributed by atoms with Gasteiger partial charge < -0.3 is 9.80 Å². The second-order valence-electron chi connectivity index (χ2n) is 7.13. The van der Waals surface area contributed by atoms with Crippen molar-refractivity contribution >= 4 is 35.0 Å². The molecule has 5 heteroatoms. The normalized spacial score (nSPS) is 22.3. The number of anilines is 1. The van der Waals surface area contributed by atoms with Gasteiger partial charge in [-0.25, -0.2) is 0 Å². The molecule has 2 aliphatic heterocycles. The lowest BCUT2D eigenvalue weighted by Crippen LogP contribution is -2.47. The van der Waals surface area contributed by atoms with E-state index in [0.717, 1.165) is 44.6 Å².